The topological polar surface area (TPSA) is 91.0 Å². The van der Waals surface area contributed by atoms with Gasteiger partial charge in [-0.05, 0) is 48.7 Å². The number of nitrogens with zero attached hydrogens (tertiary/aromatic N) is 2. The summed E-state index contributed by atoms with van der Waals surface area (Å²) in [6.45, 7) is 8.71. The number of benzene rings is 2. The van der Waals surface area contributed by atoms with E-state index in [1.807, 2.05) is 30.0 Å². The molecule has 0 aromatic heterocycles. The Morgan fingerprint density at radius 1 is 1.02 bits per heavy atom. The van der Waals surface area contributed by atoms with Crippen molar-refractivity contribution in [3.63, 3.8) is 0 Å². The van der Waals surface area contributed by atoms with E-state index >= 15 is 0 Å². The predicted molar refractivity (Wildman–Crippen MR) is 160 cm³/mol. The largest absolute Gasteiger partial charge is 0.497 e. The highest BCUT2D eigenvalue weighted by Gasteiger charge is 2.37. The molecular weight excluding hydrogens is 538 g/mol. The van der Waals surface area contributed by atoms with Crippen LogP contribution >= 0.6 is 0 Å². The lowest BCUT2D eigenvalue weighted by molar-refractivity contribution is -0.148. The van der Waals surface area contributed by atoms with Crippen molar-refractivity contribution in [1.29, 1.82) is 0 Å². The molecule has 0 radical (unpaired) electrons. The van der Waals surface area contributed by atoms with Crippen LogP contribution in [-0.2, 0) is 30.3 Å². The number of carbonyl (C=O) groups is 1. The Kier molecular flexibility index (Phi) is 10.9. The Morgan fingerprint density at radius 3 is 2.60 bits per heavy atom. The SMILES string of the molecule is COCCCN1CCOc2ccc(CO[C@H]3CNC[C@@H](OCC(=O)N4CCOCC4C)[C@@H]3c3ccc(OC)cc3)cc21. The number of morpholine rings is 1. The third kappa shape index (κ3) is 7.54. The normalized spacial score (nSPS) is 24.2. The zero-order chi connectivity index (χ0) is 29.3. The number of ether oxygens (including phenoxy) is 6. The highest BCUT2D eigenvalue weighted by atomic mass is 16.5. The first kappa shape index (κ1) is 30.6. The zero-order valence-electron chi connectivity index (χ0n) is 25.1. The first-order chi connectivity index (χ1) is 20.6. The summed E-state index contributed by atoms with van der Waals surface area (Å²) >= 11 is 0. The molecule has 10 nitrogen and oxygen atoms in total. The van der Waals surface area contributed by atoms with Crippen molar-refractivity contribution in [3.05, 3.63) is 53.6 Å². The van der Waals surface area contributed by atoms with Gasteiger partial charge in [-0.2, -0.15) is 0 Å². The summed E-state index contributed by atoms with van der Waals surface area (Å²) < 4.78 is 35.1. The van der Waals surface area contributed by atoms with Gasteiger partial charge in [0.15, 0.2) is 0 Å². The van der Waals surface area contributed by atoms with Crippen molar-refractivity contribution in [2.75, 3.05) is 84.9 Å². The third-order valence-corrected chi connectivity index (χ3v) is 8.33. The van der Waals surface area contributed by atoms with Crippen molar-refractivity contribution in [2.24, 2.45) is 0 Å². The maximum atomic E-state index is 13.1. The third-order valence-electron chi connectivity index (χ3n) is 8.33. The van der Waals surface area contributed by atoms with Gasteiger partial charge >= 0.3 is 0 Å². The lowest BCUT2D eigenvalue weighted by Gasteiger charge is -2.39. The van der Waals surface area contributed by atoms with Gasteiger partial charge in [-0.1, -0.05) is 18.2 Å². The summed E-state index contributed by atoms with van der Waals surface area (Å²) in [6, 6.07) is 14.4. The minimum Gasteiger partial charge on any atom is -0.497 e. The second-order valence-corrected chi connectivity index (χ2v) is 11.2. The molecule has 5 rings (SSSR count). The van der Waals surface area contributed by atoms with E-state index in [-0.39, 0.29) is 36.7 Å². The van der Waals surface area contributed by atoms with Gasteiger partial charge in [-0.3, -0.25) is 4.79 Å². The first-order valence-electron chi connectivity index (χ1n) is 15.0. The van der Waals surface area contributed by atoms with Crippen molar-refractivity contribution in [1.82, 2.24) is 10.2 Å². The van der Waals surface area contributed by atoms with Crippen molar-refractivity contribution < 1.29 is 33.2 Å². The molecule has 3 heterocycles. The maximum absolute atomic E-state index is 13.1. The Balaban J connectivity index is 1.29. The van der Waals surface area contributed by atoms with E-state index in [0.717, 1.165) is 54.4 Å². The van der Waals surface area contributed by atoms with Crippen LogP contribution in [-0.4, -0.2) is 109 Å². The molecular formula is C32H45N3O7. The summed E-state index contributed by atoms with van der Waals surface area (Å²) in [5.41, 5.74) is 3.29. The number of nitrogens with one attached hydrogen (secondary N) is 1. The Hall–Kier alpha value is -2.89. The number of hydrogen-bond acceptors (Lipinski definition) is 9. The number of methoxy groups -OCH3 is 2. The van der Waals surface area contributed by atoms with Gasteiger partial charge < -0.3 is 43.5 Å². The average Bonchev–Trinajstić information content (AvgIpc) is 3.03. The van der Waals surface area contributed by atoms with E-state index in [2.05, 4.69) is 34.5 Å². The molecule has 0 spiro atoms. The van der Waals surface area contributed by atoms with Crippen LogP contribution in [0.25, 0.3) is 0 Å². The molecule has 3 aliphatic rings. The van der Waals surface area contributed by atoms with Gasteiger partial charge in [0, 0.05) is 45.8 Å². The summed E-state index contributed by atoms with van der Waals surface area (Å²) in [5, 5.41) is 3.48. The summed E-state index contributed by atoms with van der Waals surface area (Å²) in [4.78, 5) is 17.3. The van der Waals surface area contributed by atoms with Crippen LogP contribution in [0.5, 0.6) is 11.5 Å². The van der Waals surface area contributed by atoms with Gasteiger partial charge in [0.05, 0.1) is 57.4 Å². The van der Waals surface area contributed by atoms with Crippen molar-refractivity contribution >= 4 is 11.6 Å². The molecule has 2 aromatic rings. The van der Waals surface area contributed by atoms with Gasteiger partial charge in [0.25, 0.3) is 0 Å². The lowest BCUT2D eigenvalue weighted by Crippen LogP contribution is -2.52. The van der Waals surface area contributed by atoms with Gasteiger partial charge in [0.2, 0.25) is 5.91 Å². The molecule has 2 saturated heterocycles. The number of anilines is 1. The maximum Gasteiger partial charge on any atom is 0.248 e. The molecule has 4 atom stereocenters. The van der Waals surface area contributed by atoms with Gasteiger partial charge in [0.1, 0.15) is 24.7 Å². The molecule has 0 saturated carbocycles. The van der Waals surface area contributed by atoms with Crippen molar-refractivity contribution in [3.8, 4) is 11.5 Å². The first-order valence-corrected chi connectivity index (χ1v) is 15.0. The van der Waals surface area contributed by atoms with Crippen LogP contribution in [0.3, 0.4) is 0 Å². The Labute approximate surface area is 249 Å². The summed E-state index contributed by atoms with van der Waals surface area (Å²) in [5.74, 6) is 1.64. The lowest BCUT2D eigenvalue weighted by atomic mass is 9.85. The zero-order valence-corrected chi connectivity index (χ0v) is 25.1. The predicted octanol–water partition coefficient (Wildman–Crippen LogP) is 2.84. The Bertz CT molecular complexity index is 1150. The van der Waals surface area contributed by atoms with Crippen LogP contribution in [0.15, 0.2) is 42.5 Å². The van der Waals surface area contributed by atoms with Gasteiger partial charge in [-0.15, -0.1) is 0 Å². The van der Waals surface area contributed by atoms with Gasteiger partial charge in [-0.25, -0.2) is 0 Å². The molecule has 1 N–H and O–H groups in total. The molecule has 42 heavy (non-hydrogen) atoms. The fourth-order valence-electron chi connectivity index (χ4n) is 6.04. The fraction of sp³-hybridized carbons (Fsp3) is 0.594. The fourth-order valence-corrected chi connectivity index (χ4v) is 6.04. The average molecular weight is 584 g/mol. The highest BCUT2D eigenvalue weighted by molar-refractivity contribution is 5.78. The molecule has 10 heteroatoms. The van der Waals surface area contributed by atoms with E-state index in [1.54, 1.807) is 14.2 Å². The second kappa shape index (κ2) is 15.0. The molecule has 1 amide bonds. The number of fused-ring (bicyclic) bond motifs is 1. The highest BCUT2D eigenvalue weighted by Crippen LogP contribution is 2.35. The van der Waals surface area contributed by atoms with Crippen LogP contribution in [0.4, 0.5) is 5.69 Å². The van der Waals surface area contributed by atoms with Crippen LogP contribution < -0.4 is 19.7 Å². The van der Waals surface area contributed by atoms with Crippen molar-refractivity contribution in [2.45, 2.75) is 44.1 Å². The molecule has 1 unspecified atom stereocenters. The smallest absolute Gasteiger partial charge is 0.248 e. The van der Waals surface area contributed by atoms with Crippen LogP contribution in [0, 0.1) is 0 Å². The molecule has 2 fully saturated rings. The van der Waals surface area contributed by atoms with E-state index < -0.39 is 0 Å². The van der Waals surface area contributed by atoms with E-state index in [9.17, 15) is 4.79 Å². The number of amides is 1. The number of carbonyl (C=O) groups excluding carboxylic acids is 1. The number of rotatable bonds is 12. The second-order valence-electron chi connectivity index (χ2n) is 11.2. The van der Waals surface area contributed by atoms with E-state index in [4.69, 9.17) is 28.4 Å². The molecule has 230 valence electrons. The molecule has 0 aliphatic carbocycles. The Morgan fingerprint density at radius 2 is 1.83 bits per heavy atom. The molecule has 0 bridgehead atoms. The number of hydrogen-bond donors (Lipinski definition) is 1. The quantitative estimate of drug-likeness (QED) is 0.379. The molecule has 3 aliphatic heterocycles. The molecule has 2 aromatic carbocycles. The number of piperidine rings is 1. The minimum absolute atomic E-state index is 0.00588. The van der Waals surface area contributed by atoms with Crippen LogP contribution in [0.1, 0.15) is 30.4 Å². The van der Waals surface area contributed by atoms with E-state index in [1.165, 1.54) is 0 Å². The summed E-state index contributed by atoms with van der Waals surface area (Å²) in [7, 11) is 3.40. The summed E-state index contributed by atoms with van der Waals surface area (Å²) in [6.07, 6.45) is 0.577. The minimum atomic E-state index is -0.231. The standard InChI is InChI=1S/C32H45N3O7/c1-23-20-39-15-13-35(23)31(36)22-42-30-19-33-18-29(32(30)25-6-8-26(38-3)9-7-25)41-21-24-5-10-28-27(17-24)34(12-16-40-28)11-4-14-37-2/h5-10,17,23,29-30,32-33H,4,11-16,18-22H2,1-3H3/t23?,29-,30+,32+/m0/s1. The van der Waals surface area contributed by atoms with Crippen LogP contribution in [0.2, 0.25) is 0 Å². The monoisotopic (exact) mass is 583 g/mol. The van der Waals surface area contributed by atoms with E-state index in [0.29, 0.717) is 46.1 Å².